The second-order valence-electron chi connectivity index (χ2n) is 3.87. The number of carbonyl (C=O) groups is 2. The molecule has 0 radical (unpaired) electrons. The lowest BCUT2D eigenvalue weighted by molar-refractivity contribution is -0.139. The molecule has 110 valence electrons. The van der Waals surface area contributed by atoms with E-state index in [-0.39, 0.29) is 0 Å². The number of anilines is 1. The zero-order chi connectivity index (χ0) is 15.1. The minimum atomic E-state index is -1.04. The molecule has 1 atom stereocenters. The summed E-state index contributed by atoms with van der Waals surface area (Å²) in [6, 6.07) is 3.93. The van der Waals surface area contributed by atoms with Crippen molar-refractivity contribution in [3.63, 3.8) is 0 Å². The second-order valence-corrected chi connectivity index (χ2v) is 6.56. The molecule has 0 aromatic heterocycles. The van der Waals surface area contributed by atoms with Crippen molar-refractivity contribution in [1.29, 1.82) is 0 Å². The molecular formula is C12H14Br2N2O3S. The van der Waals surface area contributed by atoms with E-state index in [9.17, 15) is 9.59 Å². The van der Waals surface area contributed by atoms with Crippen LogP contribution in [0.5, 0.6) is 0 Å². The molecule has 0 aliphatic heterocycles. The molecule has 1 rings (SSSR count). The van der Waals surface area contributed by atoms with E-state index >= 15 is 0 Å². The maximum atomic E-state index is 11.9. The Balaban J connectivity index is 2.68. The van der Waals surface area contributed by atoms with Gasteiger partial charge >= 0.3 is 12.0 Å². The topological polar surface area (TPSA) is 78.4 Å². The molecule has 0 unspecified atom stereocenters. The van der Waals surface area contributed by atoms with Crippen molar-refractivity contribution >= 4 is 61.3 Å². The molecule has 1 aromatic carbocycles. The summed E-state index contributed by atoms with van der Waals surface area (Å²) < 4.78 is 1.41. The summed E-state index contributed by atoms with van der Waals surface area (Å²) in [5, 5.41) is 14.1. The molecule has 5 nitrogen and oxygen atoms in total. The zero-order valence-corrected chi connectivity index (χ0v) is 14.6. The van der Waals surface area contributed by atoms with E-state index in [4.69, 9.17) is 5.11 Å². The number of aliphatic carboxylic acids is 1. The number of halogens is 2. The highest BCUT2D eigenvalue weighted by atomic mass is 79.9. The Morgan fingerprint density at radius 2 is 1.95 bits per heavy atom. The summed E-state index contributed by atoms with van der Waals surface area (Å²) in [4.78, 5) is 22.9. The van der Waals surface area contributed by atoms with Gasteiger partial charge in [0.1, 0.15) is 6.04 Å². The fourth-order valence-corrected chi connectivity index (χ4v) is 3.09. The fraction of sp³-hybridized carbons (Fsp3) is 0.333. The Hall–Kier alpha value is -0.730. The van der Waals surface area contributed by atoms with Crippen LogP contribution in [0.1, 0.15) is 6.42 Å². The number of thioether (sulfide) groups is 1. The van der Waals surface area contributed by atoms with E-state index in [1.807, 2.05) is 12.3 Å². The molecule has 0 bridgehead atoms. The average Bonchev–Trinajstić information content (AvgIpc) is 2.38. The van der Waals surface area contributed by atoms with Crippen LogP contribution in [0, 0.1) is 0 Å². The first-order chi connectivity index (χ1) is 9.45. The van der Waals surface area contributed by atoms with Crippen molar-refractivity contribution in [2.45, 2.75) is 12.5 Å². The van der Waals surface area contributed by atoms with E-state index < -0.39 is 18.0 Å². The van der Waals surface area contributed by atoms with Crippen LogP contribution in [0.2, 0.25) is 0 Å². The number of urea groups is 1. The van der Waals surface area contributed by atoms with Gasteiger partial charge in [-0.25, -0.2) is 9.59 Å². The molecule has 0 saturated heterocycles. The van der Waals surface area contributed by atoms with Gasteiger partial charge in [0.25, 0.3) is 0 Å². The number of carbonyl (C=O) groups excluding carboxylic acids is 1. The molecule has 8 heteroatoms. The summed E-state index contributed by atoms with van der Waals surface area (Å²) in [7, 11) is 0. The van der Waals surface area contributed by atoms with Gasteiger partial charge in [0.2, 0.25) is 0 Å². The summed E-state index contributed by atoms with van der Waals surface area (Å²) in [6.07, 6.45) is 2.26. The van der Waals surface area contributed by atoms with Crippen molar-refractivity contribution in [2.24, 2.45) is 0 Å². The standard InChI is InChI=1S/C12H14Br2N2O3S/c1-20-6-5-9(11(17)18)15-12(19)16-10-7(13)3-2-4-8(10)14/h2-4,9H,5-6H2,1H3,(H,17,18)(H2,15,16,19)/t9-/m0/s1. The lowest BCUT2D eigenvalue weighted by Crippen LogP contribution is -2.43. The molecule has 2 amide bonds. The largest absolute Gasteiger partial charge is 0.480 e. The maximum absolute atomic E-state index is 11.9. The van der Waals surface area contributed by atoms with E-state index in [0.717, 1.165) is 0 Å². The Morgan fingerprint density at radius 3 is 2.45 bits per heavy atom. The third-order valence-corrected chi connectivity index (χ3v) is 4.38. The first-order valence-corrected chi connectivity index (χ1v) is 8.67. The predicted molar refractivity (Wildman–Crippen MR) is 88.4 cm³/mol. The highest BCUT2D eigenvalue weighted by Crippen LogP contribution is 2.30. The average molecular weight is 426 g/mol. The number of carboxylic acids is 1. The van der Waals surface area contributed by atoms with Gasteiger partial charge in [-0.3, -0.25) is 0 Å². The van der Waals surface area contributed by atoms with Crippen molar-refractivity contribution < 1.29 is 14.7 Å². The summed E-state index contributed by atoms with van der Waals surface area (Å²) in [6.45, 7) is 0. The fourth-order valence-electron chi connectivity index (χ4n) is 1.42. The van der Waals surface area contributed by atoms with Crippen molar-refractivity contribution in [3.05, 3.63) is 27.1 Å². The Labute approximate surface area is 138 Å². The normalized spacial score (nSPS) is 11.8. The first-order valence-electron chi connectivity index (χ1n) is 5.69. The number of amides is 2. The van der Waals surface area contributed by atoms with Crippen LogP contribution < -0.4 is 10.6 Å². The number of hydrogen-bond acceptors (Lipinski definition) is 3. The highest BCUT2D eigenvalue weighted by molar-refractivity contribution is 9.11. The van der Waals surface area contributed by atoms with Gasteiger partial charge in [-0.2, -0.15) is 11.8 Å². The maximum Gasteiger partial charge on any atom is 0.326 e. The van der Waals surface area contributed by atoms with Crippen molar-refractivity contribution in [3.8, 4) is 0 Å². The summed E-state index contributed by atoms with van der Waals surface area (Å²) >= 11 is 8.17. The molecule has 0 fully saturated rings. The third-order valence-electron chi connectivity index (χ3n) is 2.42. The first kappa shape index (κ1) is 17.3. The Kier molecular flexibility index (Phi) is 7.39. The van der Waals surface area contributed by atoms with Gasteiger partial charge in [-0.15, -0.1) is 0 Å². The molecule has 3 N–H and O–H groups in total. The van der Waals surface area contributed by atoms with Crippen LogP contribution in [0.4, 0.5) is 10.5 Å². The molecule has 0 saturated carbocycles. The number of carboxylic acid groups (broad SMARTS) is 1. The second kappa shape index (κ2) is 8.53. The van der Waals surface area contributed by atoms with Crippen molar-refractivity contribution in [1.82, 2.24) is 5.32 Å². The van der Waals surface area contributed by atoms with E-state index in [1.165, 1.54) is 11.8 Å². The predicted octanol–water partition coefficient (Wildman–Crippen LogP) is 3.54. The van der Waals surface area contributed by atoms with Gasteiger partial charge in [0.05, 0.1) is 5.69 Å². The third kappa shape index (κ3) is 5.34. The van der Waals surface area contributed by atoms with Crippen LogP contribution in [0.25, 0.3) is 0 Å². The van der Waals surface area contributed by atoms with Gasteiger partial charge in [-0.05, 0) is 62.4 Å². The molecular weight excluding hydrogens is 412 g/mol. The van der Waals surface area contributed by atoms with Crippen molar-refractivity contribution in [2.75, 3.05) is 17.3 Å². The van der Waals surface area contributed by atoms with Crippen LogP contribution in [-0.2, 0) is 4.79 Å². The molecule has 1 aromatic rings. The van der Waals surface area contributed by atoms with Gasteiger partial charge in [0.15, 0.2) is 0 Å². The van der Waals surface area contributed by atoms with Gasteiger partial charge in [-0.1, -0.05) is 6.07 Å². The molecule has 0 aliphatic rings. The van der Waals surface area contributed by atoms with Crippen LogP contribution in [0.15, 0.2) is 27.1 Å². The minimum absolute atomic E-state index is 0.376. The molecule has 0 spiro atoms. The smallest absolute Gasteiger partial charge is 0.326 e. The monoisotopic (exact) mass is 424 g/mol. The number of nitrogens with one attached hydrogen (secondary N) is 2. The zero-order valence-electron chi connectivity index (χ0n) is 10.7. The van der Waals surface area contributed by atoms with Crippen LogP contribution >= 0.6 is 43.6 Å². The molecule has 20 heavy (non-hydrogen) atoms. The Bertz CT molecular complexity index is 479. The highest BCUT2D eigenvalue weighted by Gasteiger charge is 2.20. The summed E-state index contributed by atoms with van der Waals surface area (Å²) in [5.74, 6) is -0.379. The number of rotatable bonds is 6. The van der Waals surface area contributed by atoms with E-state index in [0.29, 0.717) is 26.8 Å². The number of para-hydroxylation sites is 1. The lowest BCUT2D eigenvalue weighted by atomic mass is 10.2. The Morgan fingerprint density at radius 1 is 1.35 bits per heavy atom. The number of benzene rings is 1. The van der Waals surface area contributed by atoms with Gasteiger partial charge in [0, 0.05) is 8.95 Å². The lowest BCUT2D eigenvalue weighted by Gasteiger charge is -2.15. The summed E-state index contributed by atoms with van der Waals surface area (Å²) in [5.41, 5.74) is 0.555. The van der Waals surface area contributed by atoms with Gasteiger partial charge < -0.3 is 15.7 Å². The van der Waals surface area contributed by atoms with Crippen LogP contribution in [0.3, 0.4) is 0 Å². The molecule has 0 heterocycles. The van der Waals surface area contributed by atoms with Crippen LogP contribution in [-0.4, -0.2) is 35.2 Å². The number of hydrogen-bond donors (Lipinski definition) is 3. The SMILES string of the molecule is CSCC[C@H](NC(=O)Nc1c(Br)cccc1Br)C(=O)O. The van der Waals surface area contributed by atoms with E-state index in [1.54, 1.807) is 12.1 Å². The molecule has 0 aliphatic carbocycles. The minimum Gasteiger partial charge on any atom is -0.480 e. The van der Waals surface area contributed by atoms with E-state index in [2.05, 4.69) is 42.5 Å². The quantitative estimate of drug-likeness (QED) is 0.651.